The fraction of sp³-hybridized carbons (Fsp3) is 0.438. The third kappa shape index (κ3) is 9.09. The van der Waals surface area contributed by atoms with Crippen LogP contribution >= 0.6 is 14.9 Å². The highest BCUT2D eigenvalue weighted by molar-refractivity contribution is 7.95. The summed E-state index contributed by atoms with van der Waals surface area (Å²) in [5.41, 5.74) is 0. The predicted molar refractivity (Wildman–Crippen MR) is 166 cm³/mol. The monoisotopic (exact) mass is 633 g/mol. The van der Waals surface area contributed by atoms with Crippen LogP contribution in [-0.2, 0) is 13.6 Å². The number of hydrogen-bond donors (Lipinski definition) is 1. The zero-order valence-corrected chi connectivity index (χ0v) is 27.3. The van der Waals surface area contributed by atoms with Crippen molar-refractivity contribution in [2.45, 2.75) is 59.2 Å². The van der Waals surface area contributed by atoms with Gasteiger partial charge in [-0.2, -0.15) is 0 Å². The van der Waals surface area contributed by atoms with E-state index in [1.54, 1.807) is 0 Å². The van der Waals surface area contributed by atoms with Crippen molar-refractivity contribution in [1.82, 2.24) is 5.32 Å². The molecule has 1 N–H and O–H groups in total. The Labute approximate surface area is 247 Å². The molecular weight excluding hydrogens is 588 g/mol. The van der Waals surface area contributed by atoms with Crippen molar-refractivity contribution >= 4 is 30.8 Å². The minimum Gasteiger partial charge on any atom is -1.00 e. The minimum atomic E-state index is -3.18. The topological polar surface area (TPSA) is 47.6 Å². The normalized spacial score (nSPS) is 12.7. The lowest BCUT2D eigenvalue weighted by Crippen LogP contribution is -3.00. The molecule has 4 nitrogen and oxygen atoms in total. The van der Waals surface area contributed by atoms with Gasteiger partial charge in [-0.15, -0.1) is 0 Å². The van der Waals surface area contributed by atoms with E-state index in [-0.39, 0.29) is 28.7 Å². The second-order valence-corrected chi connectivity index (χ2v) is 15.7. The van der Waals surface area contributed by atoms with Crippen LogP contribution in [0.1, 0.15) is 53.4 Å². The Morgan fingerprint density at radius 3 is 1.49 bits per heavy atom. The van der Waals surface area contributed by atoms with Gasteiger partial charge in [0, 0.05) is 0 Å². The number of benzene rings is 3. The molecule has 3 aromatic rings. The van der Waals surface area contributed by atoms with Gasteiger partial charge < -0.3 is 31.3 Å². The molecule has 0 spiro atoms. The van der Waals surface area contributed by atoms with E-state index in [1.165, 1.54) is 15.9 Å². The molecular formula is C32H46BrNO3P2. The molecule has 0 amide bonds. The average molecular weight is 635 g/mol. The summed E-state index contributed by atoms with van der Waals surface area (Å²) in [5, 5.41) is 7.85. The van der Waals surface area contributed by atoms with Crippen LogP contribution in [0.2, 0.25) is 0 Å². The molecule has 1 unspecified atom stereocenters. The Morgan fingerprint density at radius 2 is 1.10 bits per heavy atom. The zero-order valence-electron chi connectivity index (χ0n) is 24.0. The Hall–Kier alpha value is -1.32. The molecule has 0 saturated carbocycles. The van der Waals surface area contributed by atoms with Gasteiger partial charge in [-0.3, -0.25) is 4.57 Å². The Bertz CT molecular complexity index is 994. The first-order chi connectivity index (χ1) is 18.5. The van der Waals surface area contributed by atoms with Crippen LogP contribution in [-0.4, -0.2) is 31.7 Å². The van der Waals surface area contributed by atoms with E-state index in [1.807, 2.05) is 13.8 Å². The fourth-order valence-corrected chi connectivity index (χ4v) is 11.8. The largest absolute Gasteiger partial charge is 1.00 e. The summed E-state index contributed by atoms with van der Waals surface area (Å²) in [6, 6.07) is 33.3. The molecule has 0 radical (unpaired) electrons. The van der Waals surface area contributed by atoms with Gasteiger partial charge in [0.1, 0.15) is 29.0 Å². The maximum atomic E-state index is 13.3. The van der Waals surface area contributed by atoms with Crippen molar-refractivity contribution in [2.24, 2.45) is 5.92 Å². The van der Waals surface area contributed by atoms with Crippen molar-refractivity contribution in [1.29, 1.82) is 0 Å². The summed E-state index contributed by atoms with van der Waals surface area (Å²) >= 11 is 0. The van der Waals surface area contributed by atoms with Gasteiger partial charge in [0.05, 0.1) is 19.4 Å². The van der Waals surface area contributed by atoms with E-state index in [4.69, 9.17) is 9.05 Å². The molecule has 0 aliphatic rings. The first-order valence-corrected chi connectivity index (χ1v) is 17.7. The molecule has 214 valence electrons. The molecule has 7 heteroatoms. The number of unbranched alkanes of at least 4 members (excludes halogenated alkanes) is 3. The van der Waals surface area contributed by atoms with Crippen LogP contribution in [0.5, 0.6) is 0 Å². The van der Waals surface area contributed by atoms with Gasteiger partial charge in [0.2, 0.25) is 0 Å². The lowest BCUT2D eigenvalue weighted by atomic mass is 10.2. The first-order valence-electron chi connectivity index (χ1n) is 14.1. The van der Waals surface area contributed by atoms with E-state index in [2.05, 4.69) is 110 Å². The molecule has 0 heterocycles. The van der Waals surface area contributed by atoms with Crippen molar-refractivity contribution in [3.63, 3.8) is 0 Å². The van der Waals surface area contributed by atoms with Crippen LogP contribution in [0.3, 0.4) is 0 Å². The third-order valence-corrected chi connectivity index (χ3v) is 14.2. The van der Waals surface area contributed by atoms with Crippen molar-refractivity contribution in [3.05, 3.63) is 91.0 Å². The molecule has 3 rings (SSSR count). The maximum Gasteiger partial charge on any atom is 0.347 e. The Balaban J connectivity index is 0.00000533. The quantitative estimate of drug-likeness (QED) is 0.177. The summed E-state index contributed by atoms with van der Waals surface area (Å²) in [7, 11) is -4.94. The van der Waals surface area contributed by atoms with Crippen molar-refractivity contribution < 1.29 is 30.6 Å². The van der Waals surface area contributed by atoms with Gasteiger partial charge in [0.15, 0.2) is 0 Å². The lowest BCUT2D eigenvalue weighted by molar-refractivity contribution is -0.0000130. The zero-order chi connectivity index (χ0) is 27.3. The summed E-state index contributed by atoms with van der Waals surface area (Å²) in [5.74, 6) is -0.123. The first kappa shape index (κ1) is 33.9. The highest BCUT2D eigenvalue weighted by Gasteiger charge is 2.44. The van der Waals surface area contributed by atoms with Crippen LogP contribution in [0.4, 0.5) is 0 Å². The molecule has 0 saturated heterocycles. The molecule has 1 atom stereocenters. The summed E-state index contributed by atoms with van der Waals surface area (Å²) in [6.07, 6.45) is 5.64. The fourth-order valence-electron chi connectivity index (χ4n) is 5.23. The number of rotatable bonds is 17. The Kier molecular flexibility index (Phi) is 15.2. The highest BCUT2D eigenvalue weighted by Crippen LogP contribution is 2.56. The van der Waals surface area contributed by atoms with E-state index >= 15 is 0 Å². The molecule has 0 aromatic heterocycles. The van der Waals surface area contributed by atoms with Crippen molar-refractivity contribution in [2.75, 3.05) is 25.9 Å². The molecule has 0 aliphatic heterocycles. The molecule has 0 fully saturated rings. The molecule has 0 aliphatic carbocycles. The summed E-state index contributed by atoms with van der Waals surface area (Å²) < 4.78 is 24.6. The minimum absolute atomic E-state index is 0. The van der Waals surface area contributed by atoms with Crippen molar-refractivity contribution in [3.8, 4) is 0 Å². The van der Waals surface area contributed by atoms with Crippen LogP contribution in [0.25, 0.3) is 0 Å². The second-order valence-electron chi connectivity index (χ2n) is 9.97. The molecule has 39 heavy (non-hydrogen) atoms. The maximum absolute atomic E-state index is 13.3. The number of nitrogens with one attached hydrogen (secondary N) is 1. The third-order valence-electron chi connectivity index (χ3n) is 6.95. The molecule has 3 aromatic carbocycles. The van der Waals surface area contributed by atoms with Gasteiger partial charge >= 0.3 is 7.60 Å². The smallest absolute Gasteiger partial charge is 0.347 e. The van der Waals surface area contributed by atoms with E-state index in [0.29, 0.717) is 13.2 Å². The van der Waals surface area contributed by atoms with Gasteiger partial charge in [-0.25, -0.2) is 0 Å². The molecule has 0 bridgehead atoms. The van der Waals surface area contributed by atoms with Crippen LogP contribution in [0, 0.1) is 5.92 Å². The van der Waals surface area contributed by atoms with E-state index in [9.17, 15) is 4.57 Å². The van der Waals surface area contributed by atoms with E-state index in [0.717, 1.165) is 38.4 Å². The highest BCUT2D eigenvalue weighted by atomic mass is 79.9. The second kappa shape index (κ2) is 17.5. The average Bonchev–Trinajstić information content (AvgIpc) is 2.94. The van der Waals surface area contributed by atoms with Gasteiger partial charge in [-0.1, -0.05) is 74.9 Å². The predicted octanol–water partition coefficient (Wildman–Crippen LogP) is 4.38. The SMILES string of the molecule is CCOP(=O)(OCC)C(NCCCCCC[P+](c1ccccc1)(c1ccccc1)c1ccccc1)C(C)C.[Br-]. The Morgan fingerprint density at radius 1 is 0.692 bits per heavy atom. The number of hydrogen-bond acceptors (Lipinski definition) is 4. The van der Waals surface area contributed by atoms with Crippen LogP contribution in [0.15, 0.2) is 91.0 Å². The van der Waals surface area contributed by atoms with Gasteiger partial charge in [0.25, 0.3) is 0 Å². The van der Waals surface area contributed by atoms with Gasteiger partial charge in [-0.05, 0) is 82.0 Å². The van der Waals surface area contributed by atoms with E-state index < -0.39 is 14.9 Å². The lowest BCUT2D eigenvalue weighted by Gasteiger charge is -2.30. The summed E-state index contributed by atoms with van der Waals surface area (Å²) in [6.45, 7) is 9.46. The number of halogens is 1. The standard InChI is InChI=1S/C32H46NO3P2.BrH/c1-5-35-38(34,36-6-2)32(28(3)4)33-26-18-7-8-19-27-37(29-20-12-9-13-21-29,30-22-14-10-15-23-30)31-24-16-11-17-25-31;/h9-17,20-25,28,32-33H,5-8,18-19,26-27H2,1-4H3;1H/q+1;/p-1. The summed E-state index contributed by atoms with van der Waals surface area (Å²) in [4.78, 5) is 0. The van der Waals surface area contributed by atoms with Crippen LogP contribution < -0.4 is 38.2 Å².